The van der Waals surface area contributed by atoms with E-state index < -0.39 is 24.3 Å². The lowest BCUT2D eigenvalue weighted by atomic mass is 9.99. The maximum absolute atomic E-state index is 12.9. The van der Waals surface area contributed by atoms with Crippen molar-refractivity contribution < 1.29 is 34.0 Å². The van der Waals surface area contributed by atoms with Crippen molar-refractivity contribution in [2.75, 3.05) is 32.1 Å². The monoisotopic (exact) mass is 589 g/mol. The first-order chi connectivity index (χ1) is 20.9. The first-order valence-corrected chi connectivity index (χ1v) is 14.6. The summed E-state index contributed by atoms with van der Waals surface area (Å²) >= 11 is 0. The van der Waals surface area contributed by atoms with Gasteiger partial charge in [-0.2, -0.15) is 0 Å². The van der Waals surface area contributed by atoms with E-state index in [0.29, 0.717) is 31.6 Å². The van der Waals surface area contributed by atoms with E-state index in [4.69, 9.17) is 14.2 Å². The Morgan fingerprint density at radius 3 is 2.49 bits per heavy atom. The molecule has 0 radical (unpaired) electrons. The Kier molecular flexibility index (Phi) is 10.4. The van der Waals surface area contributed by atoms with Crippen molar-refractivity contribution in [3.05, 3.63) is 101 Å². The molecule has 0 aromatic heterocycles. The van der Waals surface area contributed by atoms with Crippen molar-refractivity contribution in [3.63, 3.8) is 0 Å². The van der Waals surface area contributed by atoms with E-state index in [1.165, 1.54) is 7.11 Å². The number of carbonyl (C=O) groups is 2. The van der Waals surface area contributed by atoms with Crippen LogP contribution in [0.1, 0.15) is 47.5 Å². The molecule has 3 aromatic carbocycles. The Morgan fingerprint density at radius 2 is 1.79 bits per heavy atom. The number of β-amino-alcohol motifs (C(OH)–C–C–N with tert-alkyl or cyclic N) is 1. The van der Waals surface area contributed by atoms with Crippen LogP contribution in [0.5, 0.6) is 0 Å². The summed E-state index contributed by atoms with van der Waals surface area (Å²) in [6, 6.07) is 22.9. The van der Waals surface area contributed by atoms with Crippen LogP contribution in [-0.4, -0.2) is 72.1 Å². The van der Waals surface area contributed by atoms with E-state index in [0.717, 1.165) is 35.2 Å². The second kappa shape index (κ2) is 14.6. The molecule has 10 heteroatoms. The number of carbonyl (C=O) groups excluding carboxylic acids is 2. The average Bonchev–Trinajstić information content (AvgIpc) is 3.44. The van der Waals surface area contributed by atoms with Gasteiger partial charge in [0.1, 0.15) is 6.04 Å². The largest absolute Gasteiger partial charge is 0.467 e. The summed E-state index contributed by atoms with van der Waals surface area (Å²) < 4.78 is 17.8. The quantitative estimate of drug-likeness (QED) is 0.264. The molecule has 5 atom stereocenters. The van der Waals surface area contributed by atoms with Gasteiger partial charge in [0.15, 0.2) is 6.29 Å². The first-order valence-electron chi connectivity index (χ1n) is 14.6. The van der Waals surface area contributed by atoms with Gasteiger partial charge in [0.25, 0.3) is 0 Å². The fourth-order valence-electron chi connectivity index (χ4n) is 5.57. The van der Waals surface area contributed by atoms with Crippen molar-refractivity contribution in [2.24, 2.45) is 0 Å². The van der Waals surface area contributed by atoms with Crippen molar-refractivity contribution in [2.45, 2.75) is 56.5 Å². The Bertz CT molecular complexity index is 1350. The zero-order valence-corrected chi connectivity index (χ0v) is 24.2. The van der Waals surface area contributed by atoms with Crippen LogP contribution in [0.4, 0.5) is 10.5 Å². The van der Waals surface area contributed by atoms with Gasteiger partial charge >= 0.3 is 12.0 Å². The Balaban J connectivity index is 1.29. The molecule has 2 heterocycles. The molecule has 10 nitrogen and oxygen atoms in total. The third kappa shape index (κ3) is 8.40. The number of aliphatic hydroxyl groups is 2. The van der Waals surface area contributed by atoms with E-state index >= 15 is 0 Å². The molecule has 5 unspecified atom stereocenters. The molecule has 0 aliphatic carbocycles. The number of amides is 2. The zero-order valence-electron chi connectivity index (χ0n) is 24.2. The highest BCUT2D eigenvalue weighted by Crippen LogP contribution is 2.39. The standard InChI is InChI=1S/C33H39N3O7/c1-41-31(39)29(16-22-6-3-2-4-7-22)35-33(40)34-26-9-5-8-25(17-26)32-42-28(20-36-15-14-27(38)19-36)18-30(43-32)24-12-10-23(21-37)11-13-24/h2-13,17,27-30,32,37-38H,14-16,18-21H2,1H3,(H2,34,35,40). The van der Waals surface area contributed by atoms with Crippen LogP contribution >= 0.6 is 0 Å². The van der Waals surface area contributed by atoms with Gasteiger partial charge in [-0.05, 0) is 35.2 Å². The number of nitrogens with zero attached hydrogens (tertiary/aromatic N) is 1. The predicted octanol–water partition coefficient (Wildman–Crippen LogP) is 3.70. The lowest BCUT2D eigenvalue weighted by Crippen LogP contribution is -2.45. The van der Waals surface area contributed by atoms with Crippen LogP contribution in [0.2, 0.25) is 0 Å². The number of ether oxygens (including phenoxy) is 3. The summed E-state index contributed by atoms with van der Waals surface area (Å²) in [6.07, 6.45) is 0.265. The third-order valence-corrected chi connectivity index (χ3v) is 7.81. The topological polar surface area (TPSA) is 130 Å². The molecule has 43 heavy (non-hydrogen) atoms. The molecule has 2 amide bonds. The van der Waals surface area contributed by atoms with Gasteiger partial charge in [0, 0.05) is 43.7 Å². The molecule has 5 rings (SSSR count). The number of aliphatic hydroxyl groups excluding tert-OH is 2. The van der Waals surface area contributed by atoms with Crippen LogP contribution in [0, 0.1) is 0 Å². The molecular formula is C33H39N3O7. The fraction of sp³-hybridized carbons (Fsp3) is 0.394. The van der Waals surface area contributed by atoms with Crippen molar-refractivity contribution in [1.29, 1.82) is 0 Å². The second-order valence-electron chi connectivity index (χ2n) is 11.0. The minimum atomic E-state index is -0.858. The van der Waals surface area contributed by atoms with Crippen LogP contribution in [0.15, 0.2) is 78.9 Å². The van der Waals surface area contributed by atoms with Gasteiger partial charge in [0.05, 0.1) is 32.0 Å². The molecule has 2 fully saturated rings. The number of hydrogen-bond donors (Lipinski definition) is 4. The summed E-state index contributed by atoms with van der Waals surface area (Å²) in [5, 5.41) is 25.0. The number of rotatable bonds is 10. The maximum Gasteiger partial charge on any atom is 0.328 e. The molecule has 0 spiro atoms. The van der Waals surface area contributed by atoms with Gasteiger partial charge in [-0.1, -0.05) is 66.7 Å². The Hall–Kier alpha value is -3.80. The Labute approximate surface area is 251 Å². The third-order valence-electron chi connectivity index (χ3n) is 7.81. The molecule has 228 valence electrons. The summed E-state index contributed by atoms with van der Waals surface area (Å²) in [5.41, 5.74) is 3.95. The van der Waals surface area contributed by atoms with Gasteiger partial charge in [0.2, 0.25) is 0 Å². The van der Waals surface area contributed by atoms with Crippen molar-refractivity contribution in [1.82, 2.24) is 10.2 Å². The minimum absolute atomic E-state index is 0.0303. The SMILES string of the molecule is COC(=O)C(Cc1ccccc1)NC(=O)Nc1cccc(C2OC(CN3CCC(O)C3)CC(c3ccc(CO)cc3)O2)c1. The Morgan fingerprint density at radius 1 is 1.00 bits per heavy atom. The van der Waals surface area contributed by atoms with Gasteiger partial charge in [-0.25, -0.2) is 9.59 Å². The molecule has 2 aliphatic rings. The first kappa shape index (κ1) is 30.7. The second-order valence-corrected chi connectivity index (χ2v) is 11.0. The number of esters is 1. The highest BCUT2D eigenvalue weighted by molar-refractivity contribution is 5.92. The number of anilines is 1. The highest BCUT2D eigenvalue weighted by atomic mass is 16.7. The molecule has 2 aliphatic heterocycles. The van der Waals surface area contributed by atoms with E-state index in [2.05, 4.69) is 15.5 Å². The number of methoxy groups -OCH3 is 1. The lowest BCUT2D eigenvalue weighted by Gasteiger charge is -2.38. The van der Waals surface area contributed by atoms with E-state index in [1.807, 2.05) is 66.7 Å². The van der Waals surface area contributed by atoms with Crippen molar-refractivity contribution >= 4 is 17.7 Å². The molecule has 4 N–H and O–H groups in total. The minimum Gasteiger partial charge on any atom is -0.467 e. The maximum atomic E-state index is 12.9. The number of likely N-dealkylation sites (tertiary alicyclic amines) is 1. The van der Waals surface area contributed by atoms with Gasteiger partial charge in [-0.15, -0.1) is 0 Å². The van der Waals surface area contributed by atoms with Crippen LogP contribution in [0.3, 0.4) is 0 Å². The lowest BCUT2D eigenvalue weighted by molar-refractivity contribution is -0.252. The molecule has 3 aromatic rings. The summed E-state index contributed by atoms with van der Waals surface area (Å²) in [4.78, 5) is 27.5. The number of hydrogen-bond acceptors (Lipinski definition) is 8. The number of benzene rings is 3. The van der Waals surface area contributed by atoms with Gasteiger partial charge in [-0.3, -0.25) is 4.90 Å². The fourth-order valence-corrected chi connectivity index (χ4v) is 5.57. The summed E-state index contributed by atoms with van der Waals surface area (Å²) in [7, 11) is 1.29. The van der Waals surface area contributed by atoms with E-state index in [-0.39, 0.29) is 24.9 Å². The summed E-state index contributed by atoms with van der Waals surface area (Å²) in [6.45, 7) is 2.07. The average molecular weight is 590 g/mol. The molecule has 2 saturated heterocycles. The van der Waals surface area contributed by atoms with E-state index in [1.54, 1.807) is 12.1 Å². The van der Waals surface area contributed by atoms with Crippen LogP contribution in [0.25, 0.3) is 0 Å². The van der Waals surface area contributed by atoms with E-state index in [9.17, 15) is 19.8 Å². The normalized spacial score (nSPS) is 23.0. The van der Waals surface area contributed by atoms with Crippen LogP contribution < -0.4 is 10.6 Å². The predicted molar refractivity (Wildman–Crippen MR) is 160 cm³/mol. The summed E-state index contributed by atoms with van der Waals surface area (Å²) in [5.74, 6) is -0.536. The number of nitrogens with one attached hydrogen (secondary N) is 2. The van der Waals surface area contributed by atoms with Gasteiger partial charge < -0.3 is 35.1 Å². The molecular weight excluding hydrogens is 550 g/mol. The molecule has 0 saturated carbocycles. The zero-order chi connectivity index (χ0) is 30.2. The smallest absolute Gasteiger partial charge is 0.328 e. The van der Waals surface area contributed by atoms with Crippen molar-refractivity contribution in [3.8, 4) is 0 Å². The molecule has 0 bridgehead atoms. The van der Waals surface area contributed by atoms with Crippen LogP contribution in [-0.2, 0) is 32.0 Å². The highest BCUT2D eigenvalue weighted by Gasteiger charge is 2.34. The number of urea groups is 1.